The Morgan fingerprint density at radius 1 is 0.554 bits per heavy atom. The predicted octanol–water partition coefficient (Wildman–Crippen LogP) is 9.53. The standard InChI is InChI=1S/2C25H25FN4O2.CH4/c2*1-16-3-8-20(24-27-11-2-12-28-24)21(13-16)25(31)30-19-6-4-17(22(30)9-7-19)15-32-23-10-5-18(26)14-29-23;/h2*2-3,5,8,10-14,17,19,22H,4,6-7,9,15H2,1H3;1H4/t17-,19?,22+;17-,19-,22?;/m11./s1. The maximum atomic E-state index is 13.8. The molecule has 4 aliphatic heterocycles. The Labute approximate surface area is 378 Å². The van der Waals surface area contributed by atoms with Gasteiger partial charge in [-0.2, -0.15) is 0 Å². The summed E-state index contributed by atoms with van der Waals surface area (Å²) < 4.78 is 38.0. The highest BCUT2D eigenvalue weighted by molar-refractivity contribution is 6.01. The van der Waals surface area contributed by atoms with Crippen molar-refractivity contribution in [2.45, 2.75) is 96.8 Å². The van der Waals surface area contributed by atoms with Gasteiger partial charge in [0.2, 0.25) is 11.8 Å². The van der Waals surface area contributed by atoms with Crippen molar-refractivity contribution in [3.05, 3.63) is 144 Å². The number of benzene rings is 2. The van der Waals surface area contributed by atoms with Gasteiger partial charge in [0.05, 0.1) is 36.7 Å². The van der Waals surface area contributed by atoms with Crippen molar-refractivity contribution < 1.29 is 27.8 Å². The van der Waals surface area contributed by atoms with Gasteiger partial charge >= 0.3 is 0 Å². The van der Waals surface area contributed by atoms with E-state index in [0.717, 1.165) is 86.0 Å². The summed E-state index contributed by atoms with van der Waals surface area (Å²) in [5.74, 6) is 1.66. The van der Waals surface area contributed by atoms with E-state index < -0.39 is 0 Å². The van der Waals surface area contributed by atoms with E-state index in [1.54, 1.807) is 36.9 Å². The molecule has 4 bridgehead atoms. The third-order valence-corrected chi connectivity index (χ3v) is 13.1. The van der Waals surface area contributed by atoms with E-state index in [2.05, 4.69) is 39.7 Å². The Bertz CT molecular complexity index is 2390. The zero-order chi connectivity index (χ0) is 44.2. The molecule has 0 spiro atoms. The van der Waals surface area contributed by atoms with Crippen LogP contribution in [0, 0.1) is 37.3 Å². The molecule has 4 aromatic heterocycles. The van der Waals surface area contributed by atoms with Gasteiger partial charge < -0.3 is 19.3 Å². The van der Waals surface area contributed by atoms with Crippen LogP contribution in [0.5, 0.6) is 11.8 Å². The predicted molar refractivity (Wildman–Crippen MR) is 242 cm³/mol. The van der Waals surface area contributed by atoms with Crippen LogP contribution in [-0.4, -0.2) is 88.9 Å². The number of aromatic nitrogens is 6. The molecule has 6 aromatic rings. The maximum Gasteiger partial charge on any atom is 0.255 e. The van der Waals surface area contributed by atoms with Crippen molar-refractivity contribution in [3.8, 4) is 34.5 Å². The lowest BCUT2D eigenvalue weighted by Crippen LogP contribution is -2.49. The third-order valence-electron chi connectivity index (χ3n) is 13.1. The summed E-state index contributed by atoms with van der Waals surface area (Å²) in [6, 6.07) is 21.8. The lowest BCUT2D eigenvalue weighted by Gasteiger charge is -2.40. The second-order valence-corrected chi connectivity index (χ2v) is 17.2. The van der Waals surface area contributed by atoms with Crippen LogP contribution in [0.4, 0.5) is 8.78 Å². The van der Waals surface area contributed by atoms with Crippen molar-refractivity contribution in [2.24, 2.45) is 11.8 Å². The Hall–Kier alpha value is -6.70. The molecule has 2 amide bonds. The van der Waals surface area contributed by atoms with E-state index in [-0.39, 0.29) is 66.9 Å². The quantitative estimate of drug-likeness (QED) is 0.131. The molecule has 2 unspecified atom stereocenters. The maximum absolute atomic E-state index is 13.8. The summed E-state index contributed by atoms with van der Waals surface area (Å²) in [7, 11) is 0. The number of halogens is 2. The Balaban J connectivity index is 0.000000175. The summed E-state index contributed by atoms with van der Waals surface area (Å²) in [5.41, 5.74) is 4.87. The molecule has 14 heteroatoms. The summed E-state index contributed by atoms with van der Waals surface area (Å²) in [6.07, 6.45) is 16.9. The molecule has 2 aromatic carbocycles. The Morgan fingerprint density at radius 2 is 0.954 bits per heavy atom. The molecule has 65 heavy (non-hydrogen) atoms. The van der Waals surface area contributed by atoms with Crippen LogP contribution in [-0.2, 0) is 0 Å². The third kappa shape index (κ3) is 9.86. The van der Waals surface area contributed by atoms with Gasteiger partial charge in [-0.15, -0.1) is 0 Å². The summed E-state index contributed by atoms with van der Waals surface area (Å²) in [6.45, 7) is 4.90. The average molecular weight is 881 g/mol. The van der Waals surface area contributed by atoms with Crippen LogP contribution in [0.25, 0.3) is 22.8 Å². The molecule has 8 heterocycles. The van der Waals surface area contributed by atoms with Gasteiger partial charge in [-0.25, -0.2) is 38.7 Å². The molecule has 4 saturated heterocycles. The summed E-state index contributed by atoms with van der Waals surface area (Å²) in [5, 5.41) is 0. The van der Waals surface area contributed by atoms with Crippen LogP contribution in [0.1, 0.15) is 90.6 Å². The number of hydrogen-bond acceptors (Lipinski definition) is 10. The topological polar surface area (TPSA) is 136 Å². The number of carbonyl (C=O) groups is 2. The molecule has 4 aliphatic rings. The van der Waals surface area contributed by atoms with Gasteiger partial charge in [-0.3, -0.25) is 9.59 Å². The van der Waals surface area contributed by atoms with E-state index >= 15 is 0 Å². The number of amides is 2. The number of nitrogens with zero attached hydrogens (tertiary/aromatic N) is 8. The molecule has 6 atom stereocenters. The molecule has 12 nitrogen and oxygen atoms in total. The fraction of sp³-hybridized carbons (Fsp3) is 0.373. The summed E-state index contributed by atoms with van der Waals surface area (Å²) in [4.78, 5) is 57.3. The molecule has 0 saturated carbocycles. The molecule has 0 aliphatic carbocycles. The van der Waals surface area contributed by atoms with Gasteiger partial charge in [0.15, 0.2) is 11.6 Å². The average Bonchev–Trinajstić information content (AvgIpc) is 3.81. The monoisotopic (exact) mass is 880 g/mol. The van der Waals surface area contributed by atoms with E-state index in [1.165, 1.54) is 24.3 Å². The smallest absolute Gasteiger partial charge is 0.255 e. The first-order valence-corrected chi connectivity index (χ1v) is 22.1. The fourth-order valence-electron chi connectivity index (χ4n) is 10.0. The van der Waals surface area contributed by atoms with Crippen molar-refractivity contribution in [3.63, 3.8) is 0 Å². The van der Waals surface area contributed by atoms with Gasteiger partial charge in [0.25, 0.3) is 11.8 Å². The largest absolute Gasteiger partial charge is 0.477 e. The minimum absolute atomic E-state index is 0. The first kappa shape index (κ1) is 44.9. The zero-order valence-corrected chi connectivity index (χ0v) is 35.9. The minimum atomic E-state index is -0.387. The van der Waals surface area contributed by atoms with Crippen LogP contribution in [0.3, 0.4) is 0 Å². The van der Waals surface area contributed by atoms with Crippen molar-refractivity contribution >= 4 is 11.8 Å². The second-order valence-electron chi connectivity index (χ2n) is 17.2. The van der Waals surface area contributed by atoms with Crippen molar-refractivity contribution in [2.75, 3.05) is 13.2 Å². The van der Waals surface area contributed by atoms with E-state index in [4.69, 9.17) is 9.47 Å². The molecular formula is C51H54F2N8O4. The lowest BCUT2D eigenvalue weighted by atomic mass is 9.89. The molecule has 0 N–H and O–H groups in total. The first-order valence-electron chi connectivity index (χ1n) is 22.1. The Kier molecular flexibility index (Phi) is 13.8. The zero-order valence-electron chi connectivity index (χ0n) is 35.9. The SMILES string of the molecule is C.Cc1ccc(-c2ncccn2)c(C(=O)N2C3CC[C@H](COc4ccc(F)cn4)[C@@H]2CC3)c1.Cc1ccc(-c2ncccn2)c(C(=O)N2C3CC[C@H]2CC[C@@H]3COc2ccc(F)cn2)c1. The molecule has 4 fully saturated rings. The minimum Gasteiger partial charge on any atom is -0.477 e. The number of rotatable bonds is 10. The number of pyridine rings is 2. The molecular weight excluding hydrogens is 827 g/mol. The Morgan fingerprint density at radius 3 is 1.34 bits per heavy atom. The molecule has 10 rings (SSSR count). The molecule has 0 radical (unpaired) electrons. The van der Waals surface area contributed by atoms with Crippen LogP contribution in [0.2, 0.25) is 0 Å². The van der Waals surface area contributed by atoms with Gasteiger partial charge in [-0.1, -0.05) is 42.8 Å². The van der Waals surface area contributed by atoms with Gasteiger partial charge in [-0.05, 0) is 102 Å². The number of hydrogen-bond donors (Lipinski definition) is 0. The number of carbonyl (C=O) groups excluding carboxylic acids is 2. The van der Waals surface area contributed by atoms with Crippen molar-refractivity contribution in [1.29, 1.82) is 0 Å². The van der Waals surface area contributed by atoms with Crippen molar-refractivity contribution in [1.82, 2.24) is 39.7 Å². The van der Waals surface area contributed by atoms with Crippen LogP contribution < -0.4 is 9.47 Å². The number of fused-ring (bicyclic) bond motifs is 4. The van der Waals surface area contributed by atoms with Gasteiger partial charge in [0.1, 0.15) is 11.6 Å². The number of piperidine rings is 2. The van der Waals surface area contributed by atoms with Crippen LogP contribution in [0.15, 0.2) is 110 Å². The first-order chi connectivity index (χ1) is 31.2. The highest BCUT2D eigenvalue weighted by Gasteiger charge is 2.47. The number of ether oxygens (including phenoxy) is 2. The normalized spacial score (nSPS) is 21.7. The lowest BCUT2D eigenvalue weighted by molar-refractivity contribution is 0.0396. The van der Waals surface area contributed by atoms with E-state index in [9.17, 15) is 18.4 Å². The molecule has 336 valence electrons. The second kappa shape index (κ2) is 20.0. The van der Waals surface area contributed by atoms with E-state index in [0.29, 0.717) is 47.7 Å². The number of aryl methyl sites for hydroxylation is 2. The van der Waals surface area contributed by atoms with Gasteiger partial charge in [0, 0.05) is 84.1 Å². The highest BCUT2D eigenvalue weighted by atomic mass is 19.1. The van der Waals surface area contributed by atoms with E-state index in [1.807, 2.05) is 50.2 Å². The fourth-order valence-corrected chi connectivity index (χ4v) is 10.0. The highest BCUT2D eigenvalue weighted by Crippen LogP contribution is 2.43. The van der Waals surface area contributed by atoms with Crippen LogP contribution >= 0.6 is 0 Å². The summed E-state index contributed by atoms with van der Waals surface area (Å²) >= 11 is 0.